The Hall–Kier alpha value is -6.12. The van der Waals surface area contributed by atoms with E-state index in [4.69, 9.17) is 63.5 Å². The molecule has 64 heavy (non-hydrogen) atoms. The van der Waals surface area contributed by atoms with Crippen LogP contribution in [0.4, 0.5) is 0 Å². The van der Waals surface area contributed by atoms with Crippen molar-refractivity contribution in [1.29, 1.82) is 21.6 Å². The summed E-state index contributed by atoms with van der Waals surface area (Å²) < 4.78 is 23.3. The molecule has 2 saturated heterocycles. The first-order chi connectivity index (χ1) is 31.0. The van der Waals surface area contributed by atoms with Gasteiger partial charge in [-0.2, -0.15) is 0 Å². The van der Waals surface area contributed by atoms with Gasteiger partial charge in [-0.25, -0.2) is 0 Å². The summed E-state index contributed by atoms with van der Waals surface area (Å²) in [6, 6.07) is 29.5. The van der Waals surface area contributed by atoms with Crippen LogP contribution in [0.15, 0.2) is 97.1 Å². The van der Waals surface area contributed by atoms with E-state index >= 15 is 0 Å². The fourth-order valence-electron chi connectivity index (χ4n) is 8.00. The first-order valence-electron chi connectivity index (χ1n) is 22.8. The van der Waals surface area contributed by atoms with E-state index in [1.54, 1.807) is 0 Å². The second kappa shape index (κ2) is 26.5. The van der Waals surface area contributed by atoms with Crippen molar-refractivity contribution in [3.05, 3.63) is 119 Å². The first kappa shape index (κ1) is 48.9. The van der Waals surface area contributed by atoms with Crippen molar-refractivity contribution in [3.8, 4) is 23.0 Å². The van der Waals surface area contributed by atoms with Gasteiger partial charge in [0, 0.05) is 35.3 Å². The highest BCUT2D eigenvalue weighted by atomic mass is 16.5. The minimum absolute atomic E-state index is 0.0768. The highest BCUT2D eigenvalue weighted by Gasteiger charge is 2.20. The summed E-state index contributed by atoms with van der Waals surface area (Å²) in [5.41, 5.74) is 24.8. The topological polar surface area (TPSA) is 243 Å². The van der Waals surface area contributed by atoms with E-state index in [1.165, 1.54) is 38.5 Å². The molecule has 0 atom stereocenters. The molecule has 0 radical (unpaired) electrons. The van der Waals surface area contributed by atoms with Gasteiger partial charge in [0.15, 0.2) is 0 Å². The summed E-state index contributed by atoms with van der Waals surface area (Å²) in [5, 5.41) is 29.7. The number of hydrogen-bond donors (Lipinski definition) is 8. The lowest BCUT2D eigenvalue weighted by Crippen LogP contribution is -2.35. The third-order valence-corrected chi connectivity index (χ3v) is 11.9. The second-order valence-electron chi connectivity index (χ2n) is 16.7. The van der Waals surface area contributed by atoms with Crippen LogP contribution in [0.2, 0.25) is 0 Å². The normalized spacial score (nSPS) is 14.8. The maximum absolute atomic E-state index is 7.42. The molecule has 6 rings (SSSR count). The number of rotatable bonds is 24. The maximum Gasteiger partial charge on any atom is 0.122 e. The molecule has 4 aromatic carbocycles. The fourth-order valence-corrected chi connectivity index (χ4v) is 8.00. The van der Waals surface area contributed by atoms with Crippen molar-refractivity contribution in [2.45, 2.75) is 64.2 Å². The molecule has 0 amide bonds. The molecule has 2 aliphatic heterocycles. The van der Waals surface area contributed by atoms with Gasteiger partial charge in [0.1, 0.15) is 46.3 Å². The minimum atomic E-state index is 0.0768. The summed E-state index contributed by atoms with van der Waals surface area (Å²) >= 11 is 0. The van der Waals surface area contributed by atoms with Gasteiger partial charge in [0.05, 0.1) is 26.4 Å². The molecule has 0 bridgehead atoms. The predicted octanol–water partition coefficient (Wildman–Crippen LogP) is 7.19. The van der Waals surface area contributed by atoms with Gasteiger partial charge in [0.25, 0.3) is 0 Å². The Kier molecular flexibility index (Phi) is 20.2. The lowest BCUT2D eigenvalue weighted by Gasteiger charge is -2.32. The Labute approximate surface area is 379 Å². The molecular weight excluding hydrogens is 805 g/mol. The van der Waals surface area contributed by atoms with Crippen molar-refractivity contribution in [3.63, 3.8) is 0 Å². The molecular formula is C50H70N10O4. The Morgan fingerprint density at radius 1 is 0.391 bits per heavy atom. The number of nitrogens with one attached hydrogen (secondary N) is 4. The highest BCUT2D eigenvalue weighted by Crippen LogP contribution is 2.24. The molecule has 2 heterocycles. The quantitative estimate of drug-likeness (QED) is 0.0200. The van der Waals surface area contributed by atoms with Gasteiger partial charge in [-0.3, -0.25) is 21.6 Å². The summed E-state index contributed by atoms with van der Waals surface area (Å²) in [6.07, 6.45) is 11.6. The van der Waals surface area contributed by atoms with Gasteiger partial charge in [0.2, 0.25) is 0 Å². The van der Waals surface area contributed by atoms with Crippen LogP contribution in [0.25, 0.3) is 0 Å². The number of nitrogens with two attached hydrogens (primary N) is 4. The average molecular weight is 875 g/mol. The van der Waals surface area contributed by atoms with Crippen molar-refractivity contribution >= 4 is 23.3 Å². The monoisotopic (exact) mass is 875 g/mol. The number of benzene rings is 4. The maximum atomic E-state index is 7.42. The first-order valence-corrected chi connectivity index (χ1v) is 22.8. The van der Waals surface area contributed by atoms with E-state index in [2.05, 4.69) is 9.80 Å². The summed E-state index contributed by atoms with van der Waals surface area (Å²) in [5.74, 6) is 5.20. The zero-order valence-electron chi connectivity index (χ0n) is 37.4. The number of nitrogen functional groups attached to an aromatic ring is 4. The Morgan fingerprint density at radius 2 is 0.625 bits per heavy atom. The van der Waals surface area contributed by atoms with Crippen LogP contribution in [0.3, 0.4) is 0 Å². The van der Waals surface area contributed by atoms with Crippen LogP contribution in [0, 0.1) is 33.5 Å². The number of amidine groups is 4. The van der Waals surface area contributed by atoms with Gasteiger partial charge < -0.3 is 51.7 Å². The molecule has 14 heteroatoms. The van der Waals surface area contributed by atoms with Crippen LogP contribution in [-0.2, 0) is 0 Å². The molecule has 344 valence electrons. The lowest BCUT2D eigenvalue weighted by molar-refractivity contribution is 0.161. The van der Waals surface area contributed by atoms with E-state index < -0.39 is 0 Å². The van der Waals surface area contributed by atoms with Crippen LogP contribution >= 0.6 is 0 Å². The fraction of sp³-hybridized carbons (Fsp3) is 0.440. The van der Waals surface area contributed by atoms with Crippen molar-refractivity contribution in [1.82, 2.24) is 9.80 Å². The van der Waals surface area contributed by atoms with Gasteiger partial charge >= 0.3 is 0 Å². The smallest absolute Gasteiger partial charge is 0.122 e. The summed E-state index contributed by atoms with van der Waals surface area (Å²) in [4.78, 5) is 5.07. The van der Waals surface area contributed by atoms with Gasteiger partial charge in [-0.1, -0.05) is 0 Å². The van der Waals surface area contributed by atoms with Crippen LogP contribution < -0.4 is 41.9 Å². The summed E-state index contributed by atoms with van der Waals surface area (Å²) in [7, 11) is 0. The van der Waals surface area contributed by atoms with E-state index in [0.29, 0.717) is 13.2 Å². The molecule has 4 aromatic rings. The molecule has 2 aliphatic rings. The van der Waals surface area contributed by atoms with Crippen LogP contribution in [0.5, 0.6) is 23.0 Å². The molecule has 0 saturated carbocycles. The lowest BCUT2D eigenvalue weighted by atomic mass is 9.92. The van der Waals surface area contributed by atoms with E-state index in [-0.39, 0.29) is 23.3 Å². The zero-order chi connectivity index (χ0) is 45.5. The largest absolute Gasteiger partial charge is 0.494 e. The Morgan fingerprint density at radius 3 is 0.859 bits per heavy atom. The minimum Gasteiger partial charge on any atom is -0.494 e. The van der Waals surface area contributed by atoms with E-state index in [9.17, 15) is 0 Å². The number of hydrogen-bond acceptors (Lipinski definition) is 10. The number of piperidine rings is 2. The third-order valence-electron chi connectivity index (χ3n) is 11.9. The van der Waals surface area contributed by atoms with Crippen LogP contribution in [0.1, 0.15) is 86.5 Å². The van der Waals surface area contributed by atoms with Crippen molar-refractivity contribution < 1.29 is 18.9 Å². The molecule has 0 aliphatic carbocycles. The van der Waals surface area contributed by atoms with Crippen molar-refractivity contribution in [2.24, 2.45) is 34.8 Å². The number of nitrogens with zero attached hydrogens (tertiary/aromatic N) is 2. The molecule has 14 nitrogen and oxygen atoms in total. The van der Waals surface area contributed by atoms with E-state index in [0.717, 1.165) is 135 Å². The molecule has 0 aromatic heterocycles. The molecule has 0 spiro atoms. The van der Waals surface area contributed by atoms with Gasteiger partial charge in [-0.05, 0) is 199 Å². The van der Waals surface area contributed by atoms with E-state index in [1.807, 2.05) is 97.1 Å². The second-order valence-corrected chi connectivity index (χ2v) is 16.7. The predicted molar refractivity (Wildman–Crippen MR) is 258 cm³/mol. The summed E-state index contributed by atoms with van der Waals surface area (Å²) in [6.45, 7) is 9.62. The Bertz CT molecular complexity index is 1720. The van der Waals surface area contributed by atoms with Gasteiger partial charge in [-0.15, -0.1) is 0 Å². The third kappa shape index (κ3) is 17.6. The SMILES string of the molecule is N=C(N)c1ccc(OCCCC2CCN(CCCOc3ccc(C(=N)N)cc3)CC2)cc1.N=C(N)c1ccc(OCCCC2CCN(CCCOc3ccc(C(=N)N)cc3)CC2)cc1. The van der Waals surface area contributed by atoms with Crippen LogP contribution in [-0.4, -0.2) is 98.8 Å². The highest BCUT2D eigenvalue weighted by molar-refractivity contribution is 5.96. The van der Waals surface area contributed by atoms with Crippen molar-refractivity contribution in [2.75, 3.05) is 65.7 Å². The number of ether oxygens (including phenoxy) is 4. The molecule has 0 unspecified atom stereocenters. The molecule has 2 fully saturated rings. The standard InChI is InChI=1S/2C25H35N5O2/c2*26-24(27)20-4-8-22(9-5-20)31-17-1-3-19-12-15-30(16-13-19)14-2-18-32-23-10-6-21(7-11-23)25(28)29/h2*4-11,19H,1-3,12-18H2,(H3,26,27)(H3,28,29). The Balaban J connectivity index is 0.000000241. The number of likely N-dealkylation sites (tertiary alicyclic amines) is 2. The average Bonchev–Trinajstić information content (AvgIpc) is 3.31. The zero-order valence-corrected chi connectivity index (χ0v) is 37.4. The molecule has 12 N–H and O–H groups in total.